The minimum absolute atomic E-state index is 0.0598. The van der Waals surface area contributed by atoms with Gasteiger partial charge in [-0.05, 0) is 37.7 Å². The first-order valence-corrected chi connectivity index (χ1v) is 10.9. The molecular weight excluding hydrogens is 356 g/mol. The number of aromatic nitrogens is 1. The maximum Gasteiger partial charge on any atom is 0.270 e. The van der Waals surface area contributed by atoms with E-state index in [1.54, 1.807) is 22.1 Å². The fraction of sp³-hybridized carbons (Fsp3) is 0.647. The van der Waals surface area contributed by atoms with Crippen LogP contribution in [0.4, 0.5) is 0 Å². The molecule has 8 nitrogen and oxygen atoms in total. The van der Waals surface area contributed by atoms with Crippen LogP contribution in [0.5, 0.6) is 0 Å². The highest BCUT2D eigenvalue weighted by atomic mass is 32.2. The van der Waals surface area contributed by atoms with Crippen molar-refractivity contribution in [2.75, 3.05) is 39.0 Å². The van der Waals surface area contributed by atoms with Crippen LogP contribution < -0.4 is 4.72 Å². The molecule has 0 aromatic carbocycles. The summed E-state index contributed by atoms with van der Waals surface area (Å²) in [5.74, 6) is -0.0757. The maximum absolute atomic E-state index is 12.7. The van der Waals surface area contributed by atoms with E-state index in [1.807, 2.05) is 0 Å². The van der Waals surface area contributed by atoms with Gasteiger partial charge in [0.1, 0.15) is 5.69 Å². The maximum atomic E-state index is 12.7. The zero-order chi connectivity index (χ0) is 18.7. The average Bonchev–Trinajstić information content (AvgIpc) is 3.30. The lowest BCUT2D eigenvalue weighted by atomic mass is 9.98. The van der Waals surface area contributed by atoms with Crippen LogP contribution in [0.15, 0.2) is 12.3 Å². The summed E-state index contributed by atoms with van der Waals surface area (Å²) in [6.07, 6.45) is 6.50. The minimum Gasteiger partial charge on any atom is -0.356 e. The van der Waals surface area contributed by atoms with Crippen molar-refractivity contribution in [3.05, 3.63) is 23.5 Å². The van der Waals surface area contributed by atoms with Crippen molar-refractivity contribution >= 4 is 21.8 Å². The second-order valence-corrected chi connectivity index (χ2v) is 9.01. The number of aromatic amines is 1. The topological polar surface area (TPSA) is 103 Å². The average molecular weight is 382 g/mol. The second-order valence-electron chi connectivity index (χ2n) is 7.18. The summed E-state index contributed by atoms with van der Waals surface area (Å²) < 4.78 is 25.0. The van der Waals surface area contributed by atoms with Crippen molar-refractivity contribution in [2.45, 2.75) is 25.7 Å². The van der Waals surface area contributed by atoms with Crippen LogP contribution >= 0.6 is 0 Å². The molecule has 0 aliphatic carbocycles. The van der Waals surface area contributed by atoms with Gasteiger partial charge in [0.25, 0.3) is 11.8 Å². The Kier molecular flexibility index (Phi) is 5.67. The van der Waals surface area contributed by atoms with E-state index in [2.05, 4.69) is 9.71 Å². The monoisotopic (exact) mass is 382 g/mol. The van der Waals surface area contributed by atoms with Gasteiger partial charge in [-0.15, -0.1) is 0 Å². The van der Waals surface area contributed by atoms with Crippen LogP contribution in [0, 0.1) is 5.92 Å². The molecule has 1 aromatic heterocycles. The van der Waals surface area contributed by atoms with Crippen molar-refractivity contribution in [1.82, 2.24) is 19.5 Å². The van der Waals surface area contributed by atoms with Crippen molar-refractivity contribution in [1.29, 1.82) is 0 Å². The molecule has 9 heteroatoms. The molecule has 3 rings (SSSR count). The zero-order valence-electron chi connectivity index (χ0n) is 15.0. The molecule has 2 saturated heterocycles. The molecule has 0 spiro atoms. The van der Waals surface area contributed by atoms with E-state index in [4.69, 9.17) is 0 Å². The van der Waals surface area contributed by atoms with Gasteiger partial charge in [-0.3, -0.25) is 9.59 Å². The Morgan fingerprint density at radius 1 is 1.15 bits per heavy atom. The molecule has 1 aromatic rings. The van der Waals surface area contributed by atoms with E-state index in [1.165, 1.54) is 0 Å². The first-order valence-electron chi connectivity index (χ1n) is 9.05. The summed E-state index contributed by atoms with van der Waals surface area (Å²) in [7, 11) is -3.23. The minimum atomic E-state index is -3.23. The molecule has 0 saturated carbocycles. The van der Waals surface area contributed by atoms with Gasteiger partial charge >= 0.3 is 0 Å². The number of H-pyrrole nitrogens is 1. The van der Waals surface area contributed by atoms with Gasteiger partial charge in [-0.1, -0.05) is 0 Å². The van der Waals surface area contributed by atoms with E-state index >= 15 is 0 Å². The van der Waals surface area contributed by atoms with Crippen LogP contribution in [-0.4, -0.2) is 74.0 Å². The van der Waals surface area contributed by atoms with E-state index in [9.17, 15) is 18.0 Å². The molecule has 1 atom stereocenters. The van der Waals surface area contributed by atoms with Gasteiger partial charge < -0.3 is 14.8 Å². The van der Waals surface area contributed by atoms with E-state index in [0.29, 0.717) is 30.9 Å². The molecule has 0 radical (unpaired) electrons. The normalized spacial score (nSPS) is 21.2. The first-order chi connectivity index (χ1) is 12.3. The standard InChI is InChI=1S/C17H26N4O4S/c1-26(24,25)19-10-13-5-4-8-21(12-13)16(22)14-9-15(18-11-14)17(23)20-6-2-3-7-20/h9,11,13,18-19H,2-8,10,12H2,1H3. The summed E-state index contributed by atoms with van der Waals surface area (Å²) >= 11 is 0. The van der Waals surface area contributed by atoms with Crippen LogP contribution in [0.25, 0.3) is 0 Å². The van der Waals surface area contributed by atoms with Crippen molar-refractivity contribution in [3.63, 3.8) is 0 Å². The third kappa shape index (κ3) is 4.64. The van der Waals surface area contributed by atoms with Gasteiger partial charge in [-0.25, -0.2) is 13.1 Å². The Balaban J connectivity index is 1.60. The zero-order valence-corrected chi connectivity index (χ0v) is 15.8. The fourth-order valence-corrected chi connectivity index (χ4v) is 4.14. The third-order valence-corrected chi connectivity index (χ3v) is 5.69. The molecule has 26 heavy (non-hydrogen) atoms. The molecule has 2 N–H and O–H groups in total. The smallest absolute Gasteiger partial charge is 0.270 e. The van der Waals surface area contributed by atoms with Crippen molar-refractivity contribution < 1.29 is 18.0 Å². The number of amides is 2. The molecule has 0 bridgehead atoms. The van der Waals surface area contributed by atoms with E-state index in [0.717, 1.165) is 45.0 Å². The molecule has 2 amide bonds. The molecule has 3 heterocycles. The second kappa shape index (κ2) is 7.79. The highest BCUT2D eigenvalue weighted by molar-refractivity contribution is 7.88. The van der Waals surface area contributed by atoms with Gasteiger partial charge in [0.15, 0.2) is 0 Å². The fourth-order valence-electron chi connectivity index (χ4n) is 3.60. The Morgan fingerprint density at radius 3 is 2.54 bits per heavy atom. The van der Waals surface area contributed by atoms with Crippen LogP contribution in [0.3, 0.4) is 0 Å². The summed E-state index contributed by atoms with van der Waals surface area (Å²) in [6.45, 7) is 3.04. The number of hydrogen-bond donors (Lipinski definition) is 2. The number of carbonyl (C=O) groups is 2. The molecule has 2 fully saturated rings. The van der Waals surface area contributed by atoms with Gasteiger partial charge in [0.05, 0.1) is 11.8 Å². The molecule has 144 valence electrons. The SMILES string of the molecule is CS(=O)(=O)NCC1CCCN(C(=O)c2c[nH]c(C(=O)N3CCCC3)c2)C1. The Hall–Kier alpha value is -1.87. The highest BCUT2D eigenvalue weighted by Crippen LogP contribution is 2.19. The lowest BCUT2D eigenvalue weighted by Crippen LogP contribution is -2.43. The number of nitrogens with one attached hydrogen (secondary N) is 2. The van der Waals surface area contributed by atoms with Gasteiger partial charge in [0.2, 0.25) is 10.0 Å². The Morgan fingerprint density at radius 2 is 1.85 bits per heavy atom. The van der Waals surface area contributed by atoms with Gasteiger partial charge in [0, 0.05) is 38.9 Å². The number of hydrogen-bond acceptors (Lipinski definition) is 4. The van der Waals surface area contributed by atoms with Crippen LogP contribution in [0.2, 0.25) is 0 Å². The highest BCUT2D eigenvalue weighted by Gasteiger charge is 2.27. The quantitative estimate of drug-likeness (QED) is 0.780. The van der Waals surface area contributed by atoms with E-state index in [-0.39, 0.29) is 17.7 Å². The van der Waals surface area contributed by atoms with Crippen LogP contribution in [-0.2, 0) is 10.0 Å². The predicted molar refractivity (Wildman–Crippen MR) is 97.4 cm³/mol. The predicted octanol–water partition coefficient (Wildman–Crippen LogP) is 0.652. The molecule has 1 unspecified atom stereocenters. The molecule has 2 aliphatic rings. The third-order valence-electron chi connectivity index (χ3n) is 4.99. The van der Waals surface area contributed by atoms with Gasteiger partial charge in [-0.2, -0.15) is 0 Å². The molecular formula is C17H26N4O4S. The molecule has 2 aliphatic heterocycles. The van der Waals surface area contributed by atoms with Crippen LogP contribution in [0.1, 0.15) is 46.5 Å². The first kappa shape index (κ1) is 18.9. The lowest BCUT2D eigenvalue weighted by Gasteiger charge is -2.32. The number of likely N-dealkylation sites (tertiary alicyclic amines) is 2. The summed E-state index contributed by atoms with van der Waals surface area (Å²) in [5.41, 5.74) is 0.923. The number of rotatable bonds is 5. The number of carbonyl (C=O) groups excluding carboxylic acids is 2. The number of sulfonamides is 1. The number of nitrogens with zero attached hydrogens (tertiary/aromatic N) is 2. The summed E-state index contributed by atoms with van der Waals surface area (Å²) in [4.78, 5) is 31.6. The lowest BCUT2D eigenvalue weighted by molar-refractivity contribution is 0.0676. The summed E-state index contributed by atoms with van der Waals surface area (Å²) in [5, 5.41) is 0. The largest absolute Gasteiger partial charge is 0.356 e. The summed E-state index contributed by atoms with van der Waals surface area (Å²) in [6, 6.07) is 1.63. The Labute approximate surface area is 154 Å². The van der Waals surface area contributed by atoms with E-state index < -0.39 is 10.0 Å². The van der Waals surface area contributed by atoms with Crippen molar-refractivity contribution in [2.24, 2.45) is 5.92 Å². The number of piperidine rings is 1. The van der Waals surface area contributed by atoms with Crippen molar-refractivity contribution in [3.8, 4) is 0 Å². The Bertz CT molecular complexity index is 767.